The zero-order chi connectivity index (χ0) is 13.0. The molecule has 0 aromatic heterocycles. The highest BCUT2D eigenvalue weighted by atomic mass is 19.1. The molecule has 17 heavy (non-hydrogen) atoms. The van der Waals surface area contributed by atoms with Gasteiger partial charge in [-0.15, -0.1) is 0 Å². The van der Waals surface area contributed by atoms with Crippen LogP contribution in [-0.2, 0) is 0 Å². The number of hydrogen-bond donors (Lipinski definition) is 1. The minimum absolute atomic E-state index is 0.00458. The Bertz CT molecular complexity index is 354. The van der Waals surface area contributed by atoms with Crippen molar-refractivity contribution < 1.29 is 9.50 Å². The molecule has 0 radical (unpaired) electrons. The van der Waals surface area contributed by atoms with Crippen LogP contribution in [0.4, 0.5) is 4.39 Å². The van der Waals surface area contributed by atoms with E-state index in [1.165, 1.54) is 6.07 Å². The lowest BCUT2D eigenvalue weighted by atomic mass is 10.0. The van der Waals surface area contributed by atoms with Gasteiger partial charge in [0.25, 0.3) is 0 Å². The SMILES string of the molecule is CC(O)CC(C)N(C)C(C)c1ccccc1F. The zero-order valence-corrected chi connectivity index (χ0v) is 11.0. The molecule has 1 rings (SSSR count). The first kappa shape index (κ1) is 14.1. The second-order valence-electron chi connectivity index (χ2n) is 4.80. The molecule has 3 atom stereocenters. The summed E-state index contributed by atoms with van der Waals surface area (Å²) in [6.45, 7) is 5.80. The van der Waals surface area contributed by atoms with Gasteiger partial charge in [0.05, 0.1) is 6.10 Å². The summed E-state index contributed by atoms with van der Waals surface area (Å²) < 4.78 is 13.7. The van der Waals surface area contributed by atoms with E-state index in [1.807, 2.05) is 33.0 Å². The average Bonchev–Trinajstić information content (AvgIpc) is 2.27. The second-order valence-corrected chi connectivity index (χ2v) is 4.80. The van der Waals surface area contributed by atoms with Crippen LogP contribution in [-0.4, -0.2) is 29.2 Å². The monoisotopic (exact) mass is 239 g/mol. The Hall–Kier alpha value is -0.930. The molecule has 1 aromatic carbocycles. The van der Waals surface area contributed by atoms with Crippen molar-refractivity contribution in [2.75, 3.05) is 7.05 Å². The lowest BCUT2D eigenvalue weighted by molar-refractivity contribution is 0.114. The molecule has 0 aliphatic carbocycles. The molecule has 1 N–H and O–H groups in total. The third-order valence-electron chi connectivity index (χ3n) is 3.34. The van der Waals surface area contributed by atoms with E-state index in [2.05, 4.69) is 4.90 Å². The highest BCUT2D eigenvalue weighted by molar-refractivity contribution is 5.20. The van der Waals surface area contributed by atoms with Crippen LogP contribution in [0, 0.1) is 5.82 Å². The number of aliphatic hydroxyl groups excluding tert-OH is 1. The summed E-state index contributed by atoms with van der Waals surface area (Å²) >= 11 is 0. The largest absolute Gasteiger partial charge is 0.393 e. The number of hydrogen-bond acceptors (Lipinski definition) is 2. The average molecular weight is 239 g/mol. The van der Waals surface area contributed by atoms with E-state index in [4.69, 9.17) is 0 Å². The van der Waals surface area contributed by atoms with Crippen molar-refractivity contribution in [3.05, 3.63) is 35.6 Å². The van der Waals surface area contributed by atoms with Crippen molar-refractivity contribution in [2.24, 2.45) is 0 Å². The van der Waals surface area contributed by atoms with Gasteiger partial charge in [0, 0.05) is 17.6 Å². The van der Waals surface area contributed by atoms with Crippen molar-refractivity contribution in [1.29, 1.82) is 0 Å². The molecule has 0 spiro atoms. The quantitative estimate of drug-likeness (QED) is 0.854. The van der Waals surface area contributed by atoms with Crippen LogP contribution in [0.1, 0.15) is 38.8 Å². The second kappa shape index (κ2) is 6.12. The van der Waals surface area contributed by atoms with Crippen molar-refractivity contribution >= 4 is 0 Å². The zero-order valence-electron chi connectivity index (χ0n) is 11.0. The Morgan fingerprint density at radius 3 is 2.35 bits per heavy atom. The van der Waals surface area contributed by atoms with E-state index in [9.17, 15) is 9.50 Å². The van der Waals surface area contributed by atoms with Crippen LogP contribution in [0.15, 0.2) is 24.3 Å². The summed E-state index contributed by atoms with van der Waals surface area (Å²) in [7, 11) is 1.96. The Morgan fingerprint density at radius 2 is 1.82 bits per heavy atom. The molecule has 0 aliphatic rings. The first-order valence-corrected chi connectivity index (χ1v) is 6.08. The highest BCUT2D eigenvalue weighted by Gasteiger charge is 2.20. The Kier molecular flexibility index (Phi) is 5.09. The third-order valence-corrected chi connectivity index (χ3v) is 3.34. The van der Waals surface area contributed by atoms with E-state index in [-0.39, 0.29) is 24.0 Å². The van der Waals surface area contributed by atoms with Crippen LogP contribution in [0.3, 0.4) is 0 Å². The predicted octanol–water partition coefficient (Wildman–Crippen LogP) is 2.98. The minimum Gasteiger partial charge on any atom is -0.393 e. The van der Waals surface area contributed by atoms with Gasteiger partial charge in [-0.05, 0) is 40.3 Å². The molecular weight excluding hydrogens is 217 g/mol. The molecule has 0 fully saturated rings. The lowest BCUT2D eigenvalue weighted by Gasteiger charge is -2.32. The fraction of sp³-hybridized carbons (Fsp3) is 0.571. The molecule has 0 heterocycles. The van der Waals surface area contributed by atoms with Crippen LogP contribution in [0.25, 0.3) is 0 Å². The fourth-order valence-corrected chi connectivity index (χ4v) is 2.07. The fourth-order valence-electron chi connectivity index (χ4n) is 2.07. The topological polar surface area (TPSA) is 23.5 Å². The normalized spacial score (nSPS) is 16.9. The van der Waals surface area contributed by atoms with Gasteiger partial charge in [-0.25, -0.2) is 4.39 Å². The summed E-state index contributed by atoms with van der Waals surface area (Å²) in [5.74, 6) is -0.170. The molecule has 1 aromatic rings. The maximum Gasteiger partial charge on any atom is 0.127 e. The predicted molar refractivity (Wildman–Crippen MR) is 68.3 cm³/mol. The summed E-state index contributed by atoms with van der Waals surface area (Å²) in [6.07, 6.45) is 0.357. The number of aliphatic hydroxyl groups is 1. The van der Waals surface area contributed by atoms with Crippen molar-refractivity contribution in [3.8, 4) is 0 Å². The van der Waals surface area contributed by atoms with Gasteiger partial charge < -0.3 is 5.11 Å². The van der Waals surface area contributed by atoms with Crippen LogP contribution in [0.2, 0.25) is 0 Å². The van der Waals surface area contributed by atoms with Gasteiger partial charge in [0.2, 0.25) is 0 Å². The van der Waals surface area contributed by atoms with E-state index >= 15 is 0 Å². The molecule has 2 nitrogen and oxygen atoms in total. The third kappa shape index (κ3) is 3.79. The highest BCUT2D eigenvalue weighted by Crippen LogP contribution is 2.24. The first-order valence-electron chi connectivity index (χ1n) is 6.08. The molecule has 0 saturated carbocycles. The maximum atomic E-state index is 13.7. The molecule has 3 heteroatoms. The van der Waals surface area contributed by atoms with Gasteiger partial charge in [-0.1, -0.05) is 18.2 Å². The van der Waals surface area contributed by atoms with Gasteiger partial charge in [0.15, 0.2) is 0 Å². The van der Waals surface area contributed by atoms with Gasteiger partial charge in [-0.2, -0.15) is 0 Å². The number of benzene rings is 1. The van der Waals surface area contributed by atoms with Gasteiger partial charge in [0.1, 0.15) is 5.82 Å². The summed E-state index contributed by atoms with van der Waals surface area (Å²) in [5.41, 5.74) is 0.701. The molecule has 0 amide bonds. The molecular formula is C14H22FNO. The van der Waals surface area contributed by atoms with E-state index < -0.39 is 0 Å². The number of rotatable bonds is 5. The van der Waals surface area contributed by atoms with Crippen LogP contribution in [0.5, 0.6) is 0 Å². The minimum atomic E-state index is -0.333. The van der Waals surface area contributed by atoms with Gasteiger partial charge >= 0.3 is 0 Å². The number of nitrogens with zero attached hydrogens (tertiary/aromatic N) is 1. The smallest absolute Gasteiger partial charge is 0.127 e. The van der Waals surface area contributed by atoms with Crippen LogP contribution >= 0.6 is 0 Å². The number of halogens is 1. The van der Waals surface area contributed by atoms with Crippen molar-refractivity contribution in [2.45, 2.75) is 45.4 Å². The molecule has 0 saturated heterocycles. The summed E-state index contributed by atoms with van der Waals surface area (Å²) in [6, 6.07) is 7.06. The Morgan fingerprint density at radius 1 is 1.24 bits per heavy atom. The molecule has 0 bridgehead atoms. The Labute approximate surface area is 103 Å². The van der Waals surface area contributed by atoms with Crippen LogP contribution < -0.4 is 0 Å². The lowest BCUT2D eigenvalue weighted by Crippen LogP contribution is -2.34. The summed E-state index contributed by atoms with van der Waals surface area (Å²) in [5, 5.41) is 9.38. The van der Waals surface area contributed by atoms with E-state index in [0.717, 1.165) is 0 Å². The maximum absolute atomic E-state index is 13.7. The summed E-state index contributed by atoms with van der Waals surface area (Å²) in [4.78, 5) is 2.09. The van der Waals surface area contributed by atoms with E-state index in [0.29, 0.717) is 12.0 Å². The first-order chi connectivity index (χ1) is 7.93. The molecule has 3 unspecified atom stereocenters. The molecule has 96 valence electrons. The Balaban J connectivity index is 2.76. The standard InChI is InChI=1S/C14H22FNO/c1-10(9-11(2)17)16(4)12(3)13-7-5-6-8-14(13)15/h5-8,10-12,17H,9H2,1-4H3. The molecule has 0 aliphatic heterocycles. The van der Waals surface area contributed by atoms with Crippen molar-refractivity contribution in [3.63, 3.8) is 0 Å². The van der Waals surface area contributed by atoms with E-state index in [1.54, 1.807) is 13.0 Å². The van der Waals surface area contributed by atoms with Gasteiger partial charge in [-0.3, -0.25) is 4.90 Å². The van der Waals surface area contributed by atoms with Crippen molar-refractivity contribution in [1.82, 2.24) is 4.90 Å².